The number of H-pyrrole nitrogens is 1. The van der Waals surface area contributed by atoms with Crippen molar-refractivity contribution in [1.82, 2.24) is 9.97 Å². The van der Waals surface area contributed by atoms with E-state index in [1.54, 1.807) is 0 Å². The molecule has 0 amide bonds. The van der Waals surface area contributed by atoms with Gasteiger partial charge in [0.25, 0.3) is 0 Å². The zero-order valence-electron chi connectivity index (χ0n) is 20.5. The molecule has 1 saturated heterocycles. The molecule has 190 valence electrons. The molecule has 5 aromatic rings. The summed E-state index contributed by atoms with van der Waals surface area (Å²) in [5, 5.41) is 0. The van der Waals surface area contributed by atoms with Gasteiger partial charge in [-0.3, -0.25) is 4.99 Å². The minimum atomic E-state index is -4.44. The highest BCUT2D eigenvalue weighted by atomic mass is 19.4. The van der Waals surface area contributed by atoms with E-state index in [1.807, 2.05) is 60.7 Å². The molecule has 0 radical (unpaired) electrons. The van der Waals surface area contributed by atoms with E-state index < -0.39 is 11.7 Å². The predicted molar refractivity (Wildman–Crippen MR) is 147 cm³/mol. The van der Waals surface area contributed by atoms with Gasteiger partial charge in [-0.15, -0.1) is 0 Å². The number of hydrogen-bond acceptors (Lipinski definition) is 3. The number of nitrogens with zero attached hydrogens (tertiary/aromatic N) is 3. The van der Waals surface area contributed by atoms with Gasteiger partial charge in [-0.2, -0.15) is 13.2 Å². The molecule has 38 heavy (non-hydrogen) atoms. The van der Waals surface area contributed by atoms with E-state index in [2.05, 4.69) is 27.0 Å². The van der Waals surface area contributed by atoms with Gasteiger partial charge in [-0.25, -0.2) is 4.98 Å². The van der Waals surface area contributed by atoms with E-state index in [1.165, 1.54) is 12.3 Å². The molecule has 2 heterocycles. The minimum Gasteiger partial charge on any atom is -0.370 e. The molecule has 4 aromatic carbocycles. The Morgan fingerprint density at radius 3 is 2.08 bits per heavy atom. The molecule has 0 aliphatic carbocycles. The number of hydrogen-bond donors (Lipinski definition) is 1. The summed E-state index contributed by atoms with van der Waals surface area (Å²) < 4.78 is 40.5. The Morgan fingerprint density at radius 1 is 0.789 bits per heavy atom. The van der Waals surface area contributed by atoms with Crippen LogP contribution in [0.1, 0.15) is 24.2 Å². The number of alkyl halides is 3. The van der Waals surface area contributed by atoms with Crippen molar-refractivity contribution in [2.24, 2.45) is 4.99 Å². The molecule has 0 bridgehead atoms. The van der Waals surface area contributed by atoms with Crippen molar-refractivity contribution in [2.75, 3.05) is 18.0 Å². The lowest BCUT2D eigenvalue weighted by atomic mass is 9.98. The third-order valence-electron chi connectivity index (χ3n) is 6.91. The van der Waals surface area contributed by atoms with Crippen LogP contribution in [-0.4, -0.2) is 29.3 Å². The number of imidazole rings is 1. The van der Waals surface area contributed by atoms with Crippen LogP contribution in [0.15, 0.2) is 96.0 Å². The molecule has 1 fully saturated rings. The monoisotopic (exact) mass is 510 g/mol. The molecular weight excluding hydrogens is 485 g/mol. The van der Waals surface area contributed by atoms with E-state index in [4.69, 9.17) is 4.98 Å². The summed E-state index contributed by atoms with van der Waals surface area (Å²) in [7, 11) is 0. The Balaban J connectivity index is 1.47. The fourth-order valence-electron chi connectivity index (χ4n) is 5.04. The average Bonchev–Trinajstić information content (AvgIpc) is 3.62. The number of aromatic amines is 1. The van der Waals surface area contributed by atoms with Crippen LogP contribution in [0.2, 0.25) is 0 Å². The van der Waals surface area contributed by atoms with Gasteiger partial charge < -0.3 is 9.88 Å². The van der Waals surface area contributed by atoms with Gasteiger partial charge in [-0.1, -0.05) is 72.8 Å². The second kappa shape index (κ2) is 9.82. The van der Waals surface area contributed by atoms with Crippen LogP contribution in [-0.2, 0) is 6.18 Å². The number of anilines is 1. The second-order valence-electron chi connectivity index (χ2n) is 9.39. The van der Waals surface area contributed by atoms with Crippen LogP contribution in [0.5, 0.6) is 0 Å². The molecule has 0 atom stereocenters. The lowest BCUT2D eigenvalue weighted by molar-refractivity contribution is -0.137. The van der Waals surface area contributed by atoms with E-state index >= 15 is 0 Å². The third kappa shape index (κ3) is 4.67. The minimum absolute atomic E-state index is 0.286. The van der Waals surface area contributed by atoms with E-state index in [0.717, 1.165) is 71.4 Å². The maximum Gasteiger partial charge on any atom is 0.416 e. The number of aromatic nitrogens is 2. The van der Waals surface area contributed by atoms with Crippen molar-refractivity contribution in [2.45, 2.75) is 19.0 Å². The van der Waals surface area contributed by atoms with E-state index in [9.17, 15) is 13.2 Å². The van der Waals surface area contributed by atoms with Gasteiger partial charge in [0.05, 0.1) is 34.2 Å². The summed E-state index contributed by atoms with van der Waals surface area (Å²) in [6.45, 7) is 1.61. The number of fused-ring (bicyclic) bond motifs is 1. The zero-order chi connectivity index (χ0) is 26.1. The molecule has 7 heteroatoms. The normalized spacial score (nSPS) is 14.1. The third-order valence-corrected chi connectivity index (χ3v) is 6.91. The topological polar surface area (TPSA) is 44.3 Å². The quantitative estimate of drug-likeness (QED) is 0.242. The Morgan fingerprint density at radius 2 is 1.42 bits per heavy atom. The maximum absolute atomic E-state index is 13.5. The molecule has 0 spiro atoms. The highest BCUT2D eigenvalue weighted by molar-refractivity contribution is 6.02. The Labute approximate surface area is 218 Å². The Hall–Kier alpha value is -4.39. The first-order chi connectivity index (χ1) is 18.5. The summed E-state index contributed by atoms with van der Waals surface area (Å²) in [6.07, 6.45) is -0.891. The Bertz CT molecular complexity index is 1520. The number of halogens is 3. The molecule has 0 unspecified atom stereocenters. The van der Waals surface area contributed by atoms with Crippen molar-refractivity contribution < 1.29 is 13.2 Å². The SMILES string of the molecule is FC(F)(F)c1ccc(N2CCCC2)c(N=Cc2nc3c(-c4ccccc4)ccc(-c4ccccc4)c3[nH]2)c1. The largest absolute Gasteiger partial charge is 0.416 e. The average molecular weight is 511 g/mol. The molecule has 4 nitrogen and oxygen atoms in total. The summed E-state index contributed by atoms with van der Waals surface area (Å²) in [5.74, 6) is 0.477. The lowest BCUT2D eigenvalue weighted by Gasteiger charge is -2.20. The van der Waals surface area contributed by atoms with Gasteiger partial charge in [-0.05, 0) is 42.2 Å². The van der Waals surface area contributed by atoms with E-state index in [-0.39, 0.29) is 5.69 Å². The molecule has 1 aliphatic heterocycles. The highest BCUT2D eigenvalue weighted by Gasteiger charge is 2.31. The van der Waals surface area contributed by atoms with Crippen LogP contribution in [0, 0.1) is 0 Å². The molecule has 6 rings (SSSR count). The van der Waals surface area contributed by atoms with Crippen molar-refractivity contribution in [1.29, 1.82) is 0 Å². The van der Waals surface area contributed by atoms with Crippen molar-refractivity contribution in [3.8, 4) is 22.3 Å². The van der Waals surface area contributed by atoms with Gasteiger partial charge in [0.2, 0.25) is 0 Å². The van der Waals surface area contributed by atoms with Gasteiger partial charge in [0, 0.05) is 24.2 Å². The molecule has 0 saturated carbocycles. The molecular formula is C31H25F3N4. The standard InChI is InChI=1S/C31H25F3N4/c32-31(33,34)23-13-16-27(38-17-7-8-18-38)26(19-23)35-20-28-36-29-24(21-9-3-1-4-10-21)14-15-25(30(29)37-28)22-11-5-2-6-12-22/h1-6,9-16,19-20H,7-8,17-18H2,(H,36,37). The highest BCUT2D eigenvalue weighted by Crippen LogP contribution is 2.38. The van der Waals surface area contributed by atoms with E-state index in [0.29, 0.717) is 11.5 Å². The van der Waals surface area contributed by atoms with Crippen LogP contribution in [0.4, 0.5) is 24.5 Å². The first kappa shape index (κ1) is 24.0. The fraction of sp³-hybridized carbons (Fsp3) is 0.161. The van der Waals surface area contributed by atoms with Crippen LogP contribution in [0.3, 0.4) is 0 Å². The predicted octanol–water partition coefficient (Wildman–Crippen LogP) is 8.27. The molecule has 1 aliphatic rings. The number of aliphatic imine (C=N–C) groups is 1. The van der Waals surface area contributed by atoms with Gasteiger partial charge in [0.1, 0.15) is 5.82 Å². The Kier molecular flexibility index (Phi) is 6.19. The lowest BCUT2D eigenvalue weighted by Crippen LogP contribution is -2.18. The zero-order valence-corrected chi connectivity index (χ0v) is 20.5. The summed E-state index contributed by atoms with van der Waals surface area (Å²) in [5.41, 5.74) is 5.93. The number of benzene rings is 4. The smallest absolute Gasteiger partial charge is 0.370 e. The van der Waals surface area contributed by atoms with Crippen LogP contribution < -0.4 is 4.90 Å². The molecule has 1 N–H and O–H groups in total. The summed E-state index contributed by atoms with van der Waals surface area (Å²) in [4.78, 5) is 14.9. The second-order valence-corrected chi connectivity index (χ2v) is 9.39. The first-order valence-electron chi connectivity index (χ1n) is 12.6. The van der Waals surface area contributed by atoms with Crippen LogP contribution >= 0.6 is 0 Å². The van der Waals surface area contributed by atoms with Gasteiger partial charge in [0.15, 0.2) is 0 Å². The first-order valence-corrected chi connectivity index (χ1v) is 12.6. The van der Waals surface area contributed by atoms with Crippen molar-refractivity contribution in [3.05, 3.63) is 102 Å². The van der Waals surface area contributed by atoms with Crippen LogP contribution in [0.25, 0.3) is 33.3 Å². The fourth-order valence-corrected chi connectivity index (χ4v) is 5.04. The number of nitrogens with one attached hydrogen (secondary N) is 1. The number of rotatable bonds is 5. The van der Waals surface area contributed by atoms with Gasteiger partial charge >= 0.3 is 6.18 Å². The summed E-state index contributed by atoms with van der Waals surface area (Å²) >= 11 is 0. The van der Waals surface area contributed by atoms with Crippen molar-refractivity contribution in [3.63, 3.8) is 0 Å². The molecule has 1 aromatic heterocycles. The van der Waals surface area contributed by atoms with Crippen molar-refractivity contribution >= 4 is 28.6 Å². The maximum atomic E-state index is 13.5. The summed E-state index contributed by atoms with van der Waals surface area (Å²) in [6, 6.07) is 27.9.